The van der Waals surface area contributed by atoms with Crippen molar-refractivity contribution in [3.05, 3.63) is 23.8 Å². The van der Waals surface area contributed by atoms with Gasteiger partial charge < -0.3 is 25.0 Å². The van der Waals surface area contributed by atoms with E-state index in [0.29, 0.717) is 26.3 Å². The van der Waals surface area contributed by atoms with E-state index < -0.39 is 5.60 Å². The summed E-state index contributed by atoms with van der Waals surface area (Å²) < 4.78 is 11.3. The Kier molecular flexibility index (Phi) is 4.10. The van der Waals surface area contributed by atoms with Crippen LogP contribution in [0.15, 0.2) is 18.2 Å². The standard InChI is InChI=1S/C17H25N3O3/c1-17(2,3)23-16(21)19-6-7-20-14(9-19)11-22-10-12-8-13(18)4-5-15(12)20/h4-5,8,14H,6-7,9-11,18H2,1-3H3/t14-/m0/s1. The van der Waals surface area contributed by atoms with Gasteiger partial charge in [-0.2, -0.15) is 0 Å². The number of ether oxygens (including phenoxy) is 2. The van der Waals surface area contributed by atoms with Crippen molar-refractivity contribution in [2.24, 2.45) is 0 Å². The van der Waals surface area contributed by atoms with Crippen LogP contribution in [-0.4, -0.2) is 48.9 Å². The molecule has 2 aliphatic heterocycles. The molecule has 2 aliphatic rings. The lowest BCUT2D eigenvalue weighted by atomic mass is 10.1. The minimum absolute atomic E-state index is 0.140. The van der Waals surface area contributed by atoms with E-state index in [2.05, 4.69) is 11.0 Å². The second kappa shape index (κ2) is 5.92. The lowest BCUT2D eigenvalue weighted by molar-refractivity contribution is 0.0172. The maximum atomic E-state index is 12.3. The van der Waals surface area contributed by atoms with Crippen molar-refractivity contribution < 1.29 is 14.3 Å². The lowest BCUT2D eigenvalue weighted by Crippen LogP contribution is -2.56. The van der Waals surface area contributed by atoms with Crippen LogP contribution in [-0.2, 0) is 16.1 Å². The van der Waals surface area contributed by atoms with Gasteiger partial charge in [-0.15, -0.1) is 0 Å². The van der Waals surface area contributed by atoms with Crippen LogP contribution in [0.5, 0.6) is 0 Å². The van der Waals surface area contributed by atoms with Gasteiger partial charge in [0.25, 0.3) is 0 Å². The number of hydrogen-bond acceptors (Lipinski definition) is 5. The zero-order valence-electron chi connectivity index (χ0n) is 14.0. The fourth-order valence-corrected chi connectivity index (χ4v) is 3.11. The monoisotopic (exact) mass is 319 g/mol. The second-order valence-corrected chi connectivity index (χ2v) is 7.18. The number of carbonyl (C=O) groups excluding carboxylic acids is 1. The lowest BCUT2D eigenvalue weighted by Gasteiger charge is -2.42. The molecule has 0 spiro atoms. The number of benzene rings is 1. The van der Waals surface area contributed by atoms with Gasteiger partial charge >= 0.3 is 6.09 Å². The molecule has 1 amide bonds. The zero-order chi connectivity index (χ0) is 16.6. The molecule has 1 aromatic carbocycles. The van der Waals surface area contributed by atoms with Crippen molar-refractivity contribution in [2.75, 3.05) is 36.9 Å². The summed E-state index contributed by atoms with van der Waals surface area (Å²) in [6.45, 7) is 8.83. The van der Waals surface area contributed by atoms with Crippen molar-refractivity contribution in [3.63, 3.8) is 0 Å². The van der Waals surface area contributed by atoms with Crippen LogP contribution in [0.3, 0.4) is 0 Å². The van der Waals surface area contributed by atoms with E-state index in [0.717, 1.165) is 23.5 Å². The van der Waals surface area contributed by atoms with Crippen LogP contribution in [0, 0.1) is 0 Å². The first-order valence-corrected chi connectivity index (χ1v) is 8.04. The number of amides is 1. The smallest absolute Gasteiger partial charge is 0.410 e. The number of nitrogen functional groups attached to an aromatic ring is 1. The van der Waals surface area contributed by atoms with Crippen LogP contribution in [0.1, 0.15) is 26.3 Å². The van der Waals surface area contributed by atoms with Gasteiger partial charge in [-0.25, -0.2) is 4.79 Å². The molecule has 126 valence electrons. The Hall–Kier alpha value is -1.95. The number of carbonyl (C=O) groups is 1. The molecule has 6 nitrogen and oxygen atoms in total. The summed E-state index contributed by atoms with van der Waals surface area (Å²) >= 11 is 0. The molecule has 0 bridgehead atoms. The fourth-order valence-electron chi connectivity index (χ4n) is 3.11. The van der Waals surface area contributed by atoms with E-state index in [1.54, 1.807) is 4.90 Å². The number of rotatable bonds is 0. The Morgan fingerprint density at radius 3 is 2.87 bits per heavy atom. The molecule has 0 aliphatic carbocycles. The molecule has 1 aromatic rings. The molecular weight excluding hydrogens is 294 g/mol. The third kappa shape index (κ3) is 3.52. The minimum atomic E-state index is -0.474. The van der Waals surface area contributed by atoms with Crippen LogP contribution in [0.2, 0.25) is 0 Å². The number of nitrogens with two attached hydrogens (primary N) is 1. The molecule has 1 fully saturated rings. The van der Waals surface area contributed by atoms with Gasteiger partial charge in [-0.1, -0.05) is 0 Å². The fraction of sp³-hybridized carbons (Fsp3) is 0.588. The van der Waals surface area contributed by atoms with E-state index in [9.17, 15) is 4.79 Å². The Labute approximate surface area is 137 Å². The molecule has 0 unspecified atom stereocenters. The van der Waals surface area contributed by atoms with Crippen LogP contribution in [0.25, 0.3) is 0 Å². The summed E-state index contributed by atoms with van der Waals surface area (Å²) in [5, 5.41) is 0. The molecule has 0 saturated carbocycles. The summed E-state index contributed by atoms with van der Waals surface area (Å²) in [5.41, 5.74) is 8.42. The Bertz CT molecular complexity index is 597. The highest BCUT2D eigenvalue weighted by Gasteiger charge is 2.34. The summed E-state index contributed by atoms with van der Waals surface area (Å²) in [7, 11) is 0. The van der Waals surface area contributed by atoms with Gasteiger partial charge in [0.1, 0.15) is 5.60 Å². The zero-order valence-corrected chi connectivity index (χ0v) is 14.0. The van der Waals surface area contributed by atoms with Gasteiger partial charge in [-0.05, 0) is 39.0 Å². The van der Waals surface area contributed by atoms with E-state index in [1.165, 1.54) is 0 Å². The van der Waals surface area contributed by atoms with Crippen LogP contribution < -0.4 is 10.6 Å². The van der Waals surface area contributed by atoms with Crippen molar-refractivity contribution in [3.8, 4) is 0 Å². The largest absolute Gasteiger partial charge is 0.444 e. The van der Waals surface area contributed by atoms with E-state index in [1.807, 2.05) is 32.9 Å². The van der Waals surface area contributed by atoms with Gasteiger partial charge in [-0.3, -0.25) is 0 Å². The molecule has 0 aromatic heterocycles. The molecule has 2 N–H and O–H groups in total. The van der Waals surface area contributed by atoms with Gasteiger partial charge in [0.15, 0.2) is 0 Å². The van der Waals surface area contributed by atoms with Crippen molar-refractivity contribution >= 4 is 17.5 Å². The average molecular weight is 319 g/mol. The Morgan fingerprint density at radius 2 is 2.13 bits per heavy atom. The predicted octanol–water partition coefficient (Wildman–Crippen LogP) is 2.22. The minimum Gasteiger partial charge on any atom is -0.444 e. The average Bonchev–Trinajstić information content (AvgIpc) is 2.63. The molecule has 6 heteroatoms. The third-order valence-corrected chi connectivity index (χ3v) is 4.12. The highest BCUT2D eigenvalue weighted by atomic mass is 16.6. The summed E-state index contributed by atoms with van der Waals surface area (Å²) in [6, 6.07) is 6.08. The predicted molar refractivity (Wildman–Crippen MR) is 89.5 cm³/mol. The summed E-state index contributed by atoms with van der Waals surface area (Å²) in [4.78, 5) is 16.4. The van der Waals surface area contributed by atoms with Gasteiger partial charge in [0, 0.05) is 36.6 Å². The van der Waals surface area contributed by atoms with E-state index >= 15 is 0 Å². The van der Waals surface area contributed by atoms with Gasteiger partial charge in [0.05, 0.1) is 19.3 Å². The first-order valence-electron chi connectivity index (χ1n) is 8.04. The van der Waals surface area contributed by atoms with E-state index in [4.69, 9.17) is 15.2 Å². The number of piperazine rings is 1. The van der Waals surface area contributed by atoms with Crippen LogP contribution in [0.4, 0.5) is 16.2 Å². The number of nitrogens with zero attached hydrogens (tertiary/aromatic N) is 2. The molecule has 23 heavy (non-hydrogen) atoms. The normalized spacial score (nSPS) is 21.3. The molecule has 3 rings (SSSR count). The molecule has 1 atom stereocenters. The quantitative estimate of drug-likeness (QED) is 0.743. The van der Waals surface area contributed by atoms with Crippen molar-refractivity contribution in [2.45, 2.75) is 39.0 Å². The summed E-state index contributed by atoms with van der Waals surface area (Å²) in [6.07, 6.45) is -0.251. The first kappa shape index (κ1) is 15.9. The van der Waals surface area contributed by atoms with Crippen LogP contribution >= 0.6 is 0 Å². The van der Waals surface area contributed by atoms with Crippen molar-refractivity contribution in [1.82, 2.24) is 4.90 Å². The Morgan fingerprint density at radius 1 is 1.35 bits per heavy atom. The third-order valence-electron chi connectivity index (χ3n) is 4.12. The van der Waals surface area contributed by atoms with Gasteiger partial charge in [0.2, 0.25) is 0 Å². The number of anilines is 2. The molecule has 2 heterocycles. The topological polar surface area (TPSA) is 68.0 Å². The SMILES string of the molecule is CC(C)(C)OC(=O)N1CCN2c3ccc(N)cc3COC[C@@H]2C1. The molecular formula is C17H25N3O3. The highest BCUT2D eigenvalue weighted by Crippen LogP contribution is 2.30. The number of fused-ring (bicyclic) bond motifs is 3. The van der Waals surface area contributed by atoms with Crippen molar-refractivity contribution in [1.29, 1.82) is 0 Å². The number of hydrogen-bond donors (Lipinski definition) is 1. The highest BCUT2D eigenvalue weighted by molar-refractivity contribution is 5.69. The maximum absolute atomic E-state index is 12.3. The Balaban J connectivity index is 1.75. The molecule has 1 saturated heterocycles. The maximum Gasteiger partial charge on any atom is 0.410 e. The second-order valence-electron chi connectivity index (χ2n) is 7.18. The molecule has 0 radical (unpaired) electrons. The first-order chi connectivity index (χ1) is 10.8. The van der Waals surface area contributed by atoms with E-state index in [-0.39, 0.29) is 12.1 Å². The summed E-state index contributed by atoms with van der Waals surface area (Å²) in [5.74, 6) is 0.